The van der Waals surface area contributed by atoms with Crippen molar-refractivity contribution in [2.75, 3.05) is 11.9 Å². The predicted octanol–water partition coefficient (Wildman–Crippen LogP) is 4.42. The average Bonchev–Trinajstić information content (AvgIpc) is 2.94. The standard InChI is InChI=1S/C21H22FN3O2S/c1-4-25-20(27)18(12-19(26)24-17-8-6-5-7-16(17)22)28-21(25)23-15-10-9-13(2)14(3)11-15/h5-11,18H,4,12H2,1-3H3,(H,24,26). The van der Waals surface area contributed by atoms with E-state index in [2.05, 4.69) is 10.3 Å². The fraction of sp³-hybridized carbons (Fsp3) is 0.286. The van der Waals surface area contributed by atoms with Gasteiger partial charge in [0.1, 0.15) is 11.1 Å². The highest BCUT2D eigenvalue weighted by molar-refractivity contribution is 8.15. The van der Waals surface area contributed by atoms with Gasteiger partial charge in [0.2, 0.25) is 11.8 Å². The summed E-state index contributed by atoms with van der Waals surface area (Å²) >= 11 is 1.27. The van der Waals surface area contributed by atoms with Crippen LogP contribution in [-0.2, 0) is 9.59 Å². The molecule has 146 valence electrons. The molecule has 2 aromatic carbocycles. The molecule has 1 unspecified atom stereocenters. The van der Waals surface area contributed by atoms with E-state index >= 15 is 0 Å². The maximum absolute atomic E-state index is 13.7. The predicted molar refractivity (Wildman–Crippen MR) is 111 cm³/mol. The summed E-state index contributed by atoms with van der Waals surface area (Å²) < 4.78 is 13.7. The SMILES string of the molecule is CCN1C(=O)C(CC(=O)Nc2ccccc2F)SC1=Nc1ccc(C)c(C)c1. The third-order valence-electron chi connectivity index (χ3n) is 4.57. The van der Waals surface area contributed by atoms with Gasteiger partial charge in [-0.1, -0.05) is 30.0 Å². The Kier molecular flexibility index (Phi) is 6.14. The number of amides is 2. The summed E-state index contributed by atoms with van der Waals surface area (Å²) in [5, 5.41) is 2.54. The van der Waals surface area contributed by atoms with Gasteiger partial charge in [-0.05, 0) is 56.2 Å². The highest BCUT2D eigenvalue weighted by Crippen LogP contribution is 2.32. The Labute approximate surface area is 168 Å². The van der Waals surface area contributed by atoms with Crippen molar-refractivity contribution in [1.29, 1.82) is 0 Å². The lowest BCUT2D eigenvalue weighted by molar-refractivity contribution is -0.128. The highest BCUT2D eigenvalue weighted by atomic mass is 32.2. The van der Waals surface area contributed by atoms with Gasteiger partial charge in [0.05, 0.1) is 11.4 Å². The first-order chi connectivity index (χ1) is 13.4. The lowest BCUT2D eigenvalue weighted by Gasteiger charge is -2.13. The van der Waals surface area contributed by atoms with E-state index in [0.29, 0.717) is 11.7 Å². The van der Waals surface area contributed by atoms with Crippen LogP contribution in [0.5, 0.6) is 0 Å². The van der Waals surface area contributed by atoms with Gasteiger partial charge in [-0.15, -0.1) is 0 Å². The zero-order valence-electron chi connectivity index (χ0n) is 16.0. The molecule has 3 rings (SSSR count). The van der Waals surface area contributed by atoms with E-state index in [-0.39, 0.29) is 18.0 Å². The molecule has 1 fully saturated rings. The Balaban J connectivity index is 1.74. The van der Waals surface area contributed by atoms with Crippen LogP contribution in [0.2, 0.25) is 0 Å². The average molecular weight is 399 g/mol. The van der Waals surface area contributed by atoms with Crippen LogP contribution >= 0.6 is 11.8 Å². The molecule has 2 aromatic rings. The first-order valence-corrected chi connectivity index (χ1v) is 9.95. The summed E-state index contributed by atoms with van der Waals surface area (Å²) in [5.41, 5.74) is 3.18. The number of carbonyl (C=O) groups is 2. The van der Waals surface area contributed by atoms with Crippen molar-refractivity contribution in [3.05, 3.63) is 59.4 Å². The molecule has 1 heterocycles. The normalized spacial score (nSPS) is 18.0. The molecule has 1 N–H and O–H groups in total. The number of nitrogens with one attached hydrogen (secondary N) is 1. The molecule has 5 nitrogen and oxygen atoms in total. The number of thioether (sulfide) groups is 1. The molecule has 0 aliphatic carbocycles. The largest absolute Gasteiger partial charge is 0.324 e. The topological polar surface area (TPSA) is 61.8 Å². The molecule has 1 aliphatic rings. The second-order valence-corrected chi connectivity index (χ2v) is 7.75. The fourth-order valence-electron chi connectivity index (χ4n) is 2.85. The summed E-state index contributed by atoms with van der Waals surface area (Å²) in [6, 6.07) is 11.8. The van der Waals surface area contributed by atoms with Crippen molar-refractivity contribution in [3.63, 3.8) is 0 Å². The monoisotopic (exact) mass is 399 g/mol. The van der Waals surface area contributed by atoms with Crippen LogP contribution < -0.4 is 5.32 Å². The molecule has 28 heavy (non-hydrogen) atoms. The molecule has 1 saturated heterocycles. The van der Waals surface area contributed by atoms with Gasteiger partial charge in [0.15, 0.2) is 5.17 Å². The minimum absolute atomic E-state index is 0.0414. The zero-order chi connectivity index (χ0) is 20.3. The van der Waals surface area contributed by atoms with Gasteiger partial charge in [-0.25, -0.2) is 9.38 Å². The third kappa shape index (κ3) is 4.42. The Morgan fingerprint density at radius 1 is 1.21 bits per heavy atom. The minimum Gasteiger partial charge on any atom is -0.324 e. The number of rotatable bonds is 5. The molecule has 1 atom stereocenters. The Hall–Kier alpha value is -2.67. The Morgan fingerprint density at radius 2 is 1.96 bits per heavy atom. The second kappa shape index (κ2) is 8.56. The van der Waals surface area contributed by atoms with E-state index in [9.17, 15) is 14.0 Å². The molecule has 0 radical (unpaired) electrons. The van der Waals surface area contributed by atoms with Crippen molar-refractivity contribution in [3.8, 4) is 0 Å². The van der Waals surface area contributed by atoms with E-state index < -0.39 is 17.0 Å². The second-order valence-electron chi connectivity index (χ2n) is 6.58. The fourth-order valence-corrected chi connectivity index (χ4v) is 4.08. The van der Waals surface area contributed by atoms with E-state index in [4.69, 9.17) is 0 Å². The first kappa shape index (κ1) is 20.1. The van der Waals surface area contributed by atoms with Gasteiger partial charge in [-0.3, -0.25) is 14.5 Å². The van der Waals surface area contributed by atoms with Crippen molar-refractivity contribution in [1.82, 2.24) is 4.90 Å². The molecule has 0 aromatic heterocycles. The van der Waals surface area contributed by atoms with Crippen LogP contribution in [0.1, 0.15) is 24.5 Å². The molecule has 1 aliphatic heterocycles. The minimum atomic E-state index is -0.572. The van der Waals surface area contributed by atoms with Crippen LogP contribution in [0.4, 0.5) is 15.8 Å². The summed E-state index contributed by atoms with van der Waals surface area (Å²) in [6.45, 7) is 6.39. The molecular weight excluding hydrogens is 377 g/mol. The lowest BCUT2D eigenvalue weighted by atomic mass is 10.1. The smallest absolute Gasteiger partial charge is 0.242 e. The number of para-hydroxylation sites is 1. The van der Waals surface area contributed by atoms with Gasteiger partial charge in [-0.2, -0.15) is 0 Å². The van der Waals surface area contributed by atoms with Crippen LogP contribution in [0.15, 0.2) is 47.5 Å². The molecule has 0 saturated carbocycles. The van der Waals surface area contributed by atoms with Gasteiger partial charge in [0.25, 0.3) is 0 Å². The quantitative estimate of drug-likeness (QED) is 0.809. The van der Waals surface area contributed by atoms with E-state index in [1.54, 1.807) is 17.0 Å². The maximum atomic E-state index is 13.7. The van der Waals surface area contributed by atoms with Crippen LogP contribution in [0.3, 0.4) is 0 Å². The van der Waals surface area contributed by atoms with Crippen LogP contribution in [0.25, 0.3) is 0 Å². The summed E-state index contributed by atoms with van der Waals surface area (Å²) in [4.78, 5) is 31.2. The maximum Gasteiger partial charge on any atom is 0.242 e. The van der Waals surface area contributed by atoms with Crippen LogP contribution in [-0.4, -0.2) is 33.7 Å². The summed E-state index contributed by atoms with van der Waals surface area (Å²) in [5.74, 6) is -1.06. The van der Waals surface area contributed by atoms with Gasteiger partial charge < -0.3 is 5.32 Å². The number of hydrogen-bond acceptors (Lipinski definition) is 4. The van der Waals surface area contributed by atoms with E-state index in [0.717, 1.165) is 11.3 Å². The summed E-state index contributed by atoms with van der Waals surface area (Å²) in [7, 11) is 0. The lowest BCUT2D eigenvalue weighted by Crippen LogP contribution is -2.33. The third-order valence-corrected chi connectivity index (χ3v) is 5.75. The molecule has 7 heteroatoms. The van der Waals surface area contributed by atoms with Crippen LogP contribution in [0, 0.1) is 19.7 Å². The zero-order valence-corrected chi connectivity index (χ0v) is 16.8. The number of aryl methyl sites for hydroxylation is 2. The van der Waals surface area contributed by atoms with Crippen molar-refractivity contribution in [2.24, 2.45) is 4.99 Å². The number of anilines is 1. The van der Waals surface area contributed by atoms with Gasteiger partial charge in [0, 0.05) is 13.0 Å². The number of carbonyl (C=O) groups excluding carboxylic acids is 2. The molecular formula is C21H22FN3O2S. The van der Waals surface area contributed by atoms with E-state index in [1.807, 2.05) is 39.0 Å². The summed E-state index contributed by atoms with van der Waals surface area (Å²) in [6.07, 6.45) is -0.0414. The number of nitrogens with zero attached hydrogens (tertiary/aromatic N) is 2. The van der Waals surface area contributed by atoms with Gasteiger partial charge >= 0.3 is 0 Å². The van der Waals surface area contributed by atoms with E-state index in [1.165, 1.54) is 29.5 Å². The van der Waals surface area contributed by atoms with Crippen molar-refractivity contribution < 1.29 is 14.0 Å². The van der Waals surface area contributed by atoms with Crippen molar-refractivity contribution >= 4 is 40.1 Å². The highest BCUT2D eigenvalue weighted by Gasteiger charge is 2.38. The Morgan fingerprint density at radius 3 is 2.64 bits per heavy atom. The van der Waals surface area contributed by atoms with Crippen molar-refractivity contribution in [2.45, 2.75) is 32.4 Å². The number of aliphatic imine (C=N–C) groups is 1. The molecule has 2 amide bonds. The molecule has 0 bridgehead atoms. The first-order valence-electron chi connectivity index (χ1n) is 9.07. The molecule has 0 spiro atoms. The number of benzene rings is 2. The Bertz CT molecular complexity index is 945. The number of halogens is 1. The number of amidine groups is 1. The number of hydrogen-bond donors (Lipinski definition) is 1.